The van der Waals surface area contributed by atoms with Crippen molar-refractivity contribution in [1.82, 2.24) is 0 Å². The van der Waals surface area contributed by atoms with E-state index >= 15 is 0 Å². The van der Waals surface area contributed by atoms with Crippen LogP contribution < -0.4 is 11.5 Å². The molecule has 1 saturated carbocycles. The second-order valence-electron chi connectivity index (χ2n) is 4.96. The van der Waals surface area contributed by atoms with E-state index < -0.39 is 0 Å². The number of rotatable bonds is 1. The van der Waals surface area contributed by atoms with E-state index in [1.807, 2.05) is 0 Å². The molecule has 72 valence electrons. The SMILES string of the molecule is CC1(N)CCCC(CN)C1(C)C. The van der Waals surface area contributed by atoms with E-state index in [9.17, 15) is 0 Å². The highest BCUT2D eigenvalue weighted by Gasteiger charge is 2.45. The van der Waals surface area contributed by atoms with E-state index in [1.54, 1.807) is 0 Å². The molecule has 0 aromatic rings. The van der Waals surface area contributed by atoms with Crippen molar-refractivity contribution in [2.75, 3.05) is 6.54 Å². The lowest BCUT2D eigenvalue weighted by Gasteiger charge is -2.50. The Morgan fingerprint density at radius 2 is 1.92 bits per heavy atom. The summed E-state index contributed by atoms with van der Waals surface area (Å²) in [5, 5.41) is 0. The zero-order valence-electron chi connectivity index (χ0n) is 8.56. The van der Waals surface area contributed by atoms with Crippen LogP contribution >= 0.6 is 0 Å². The summed E-state index contributed by atoms with van der Waals surface area (Å²) in [6.07, 6.45) is 3.62. The molecule has 12 heavy (non-hydrogen) atoms. The van der Waals surface area contributed by atoms with Crippen molar-refractivity contribution in [1.29, 1.82) is 0 Å². The third kappa shape index (κ3) is 1.38. The second-order valence-corrected chi connectivity index (χ2v) is 4.96. The van der Waals surface area contributed by atoms with Crippen LogP contribution in [0.3, 0.4) is 0 Å². The molecule has 2 atom stereocenters. The molecule has 1 aliphatic carbocycles. The Morgan fingerprint density at radius 3 is 2.33 bits per heavy atom. The molecule has 0 bridgehead atoms. The smallest absolute Gasteiger partial charge is 0.0180 e. The molecule has 0 saturated heterocycles. The van der Waals surface area contributed by atoms with Gasteiger partial charge in [0, 0.05) is 5.54 Å². The zero-order valence-corrected chi connectivity index (χ0v) is 8.56. The average Bonchev–Trinajstić information content (AvgIpc) is 1.95. The maximum absolute atomic E-state index is 6.27. The average molecular weight is 170 g/mol. The molecule has 0 spiro atoms. The minimum absolute atomic E-state index is 0.0325. The lowest BCUT2D eigenvalue weighted by molar-refractivity contribution is 0.0484. The topological polar surface area (TPSA) is 52.0 Å². The third-order valence-corrected chi connectivity index (χ3v) is 4.03. The van der Waals surface area contributed by atoms with Gasteiger partial charge in [-0.25, -0.2) is 0 Å². The van der Waals surface area contributed by atoms with Gasteiger partial charge in [0.15, 0.2) is 0 Å². The van der Waals surface area contributed by atoms with Crippen molar-refractivity contribution in [3.8, 4) is 0 Å². The van der Waals surface area contributed by atoms with E-state index in [1.165, 1.54) is 12.8 Å². The van der Waals surface area contributed by atoms with Crippen molar-refractivity contribution in [2.24, 2.45) is 22.8 Å². The summed E-state index contributed by atoms with van der Waals surface area (Å²) in [6, 6.07) is 0. The Balaban J connectivity index is 2.82. The Kier molecular flexibility index (Phi) is 2.50. The molecule has 0 amide bonds. The fourth-order valence-corrected chi connectivity index (χ4v) is 2.28. The van der Waals surface area contributed by atoms with Crippen molar-refractivity contribution in [2.45, 2.75) is 45.6 Å². The molecule has 1 fully saturated rings. The summed E-state index contributed by atoms with van der Waals surface area (Å²) in [5.74, 6) is 0.598. The number of nitrogens with two attached hydrogens (primary N) is 2. The fraction of sp³-hybridized carbons (Fsp3) is 1.00. The van der Waals surface area contributed by atoms with Crippen molar-refractivity contribution >= 4 is 0 Å². The minimum atomic E-state index is -0.0325. The van der Waals surface area contributed by atoms with Gasteiger partial charge >= 0.3 is 0 Å². The normalized spacial score (nSPS) is 41.2. The maximum atomic E-state index is 6.27. The third-order valence-electron chi connectivity index (χ3n) is 4.03. The van der Waals surface area contributed by atoms with Crippen LogP contribution in [-0.2, 0) is 0 Å². The molecule has 4 N–H and O–H groups in total. The molecule has 2 nitrogen and oxygen atoms in total. The summed E-state index contributed by atoms with van der Waals surface area (Å²) in [5.41, 5.74) is 12.2. The Labute approximate surface area is 75.7 Å². The van der Waals surface area contributed by atoms with Gasteiger partial charge in [-0.2, -0.15) is 0 Å². The largest absolute Gasteiger partial charge is 0.330 e. The van der Waals surface area contributed by atoms with Crippen LogP contribution in [0.5, 0.6) is 0 Å². The van der Waals surface area contributed by atoms with Gasteiger partial charge in [-0.15, -0.1) is 0 Å². The maximum Gasteiger partial charge on any atom is 0.0180 e. The summed E-state index contributed by atoms with van der Waals surface area (Å²) in [6.45, 7) is 7.45. The first-order valence-electron chi connectivity index (χ1n) is 4.91. The Hall–Kier alpha value is -0.0800. The monoisotopic (exact) mass is 170 g/mol. The zero-order chi connectivity index (χ0) is 9.41. The van der Waals surface area contributed by atoms with Crippen molar-refractivity contribution < 1.29 is 0 Å². The first kappa shape index (κ1) is 10.0. The van der Waals surface area contributed by atoms with Gasteiger partial charge in [0.25, 0.3) is 0 Å². The van der Waals surface area contributed by atoms with Gasteiger partial charge in [0.2, 0.25) is 0 Å². The lowest BCUT2D eigenvalue weighted by Crippen LogP contribution is -2.57. The lowest BCUT2D eigenvalue weighted by atomic mass is 9.59. The molecule has 1 aliphatic rings. The van der Waals surface area contributed by atoms with E-state index in [0.29, 0.717) is 5.92 Å². The first-order chi connectivity index (χ1) is 5.42. The van der Waals surface area contributed by atoms with Crippen LogP contribution in [0, 0.1) is 11.3 Å². The number of hydrogen-bond donors (Lipinski definition) is 2. The highest BCUT2D eigenvalue weighted by molar-refractivity contribution is 5.01. The molecular weight excluding hydrogens is 148 g/mol. The molecule has 2 heteroatoms. The van der Waals surface area contributed by atoms with Gasteiger partial charge in [-0.05, 0) is 37.6 Å². The van der Waals surface area contributed by atoms with E-state index in [2.05, 4.69) is 20.8 Å². The molecule has 1 rings (SSSR count). The van der Waals surface area contributed by atoms with Gasteiger partial charge in [0.05, 0.1) is 0 Å². The van der Waals surface area contributed by atoms with Gasteiger partial charge in [-0.1, -0.05) is 20.3 Å². The highest BCUT2D eigenvalue weighted by Crippen LogP contribution is 2.45. The van der Waals surface area contributed by atoms with Crippen LogP contribution in [0.15, 0.2) is 0 Å². The molecule has 2 unspecified atom stereocenters. The van der Waals surface area contributed by atoms with E-state index in [0.717, 1.165) is 13.0 Å². The summed E-state index contributed by atoms with van der Waals surface area (Å²) in [4.78, 5) is 0. The minimum Gasteiger partial charge on any atom is -0.330 e. The summed E-state index contributed by atoms with van der Waals surface area (Å²) >= 11 is 0. The van der Waals surface area contributed by atoms with Crippen molar-refractivity contribution in [3.63, 3.8) is 0 Å². The van der Waals surface area contributed by atoms with Gasteiger partial charge in [0.1, 0.15) is 0 Å². The molecule has 0 aromatic heterocycles. The Morgan fingerprint density at radius 1 is 1.33 bits per heavy atom. The van der Waals surface area contributed by atoms with Crippen LogP contribution in [0.2, 0.25) is 0 Å². The first-order valence-corrected chi connectivity index (χ1v) is 4.91. The predicted molar refractivity (Wildman–Crippen MR) is 52.8 cm³/mol. The van der Waals surface area contributed by atoms with Crippen LogP contribution in [0.4, 0.5) is 0 Å². The fourth-order valence-electron chi connectivity index (χ4n) is 2.28. The van der Waals surface area contributed by atoms with Crippen LogP contribution in [-0.4, -0.2) is 12.1 Å². The van der Waals surface area contributed by atoms with Crippen LogP contribution in [0.1, 0.15) is 40.0 Å². The van der Waals surface area contributed by atoms with E-state index in [-0.39, 0.29) is 11.0 Å². The van der Waals surface area contributed by atoms with Gasteiger partial charge < -0.3 is 11.5 Å². The second kappa shape index (κ2) is 3.00. The Bertz CT molecular complexity index is 161. The molecule has 0 aromatic carbocycles. The highest BCUT2D eigenvalue weighted by atomic mass is 14.8. The molecule has 0 heterocycles. The molecule has 0 radical (unpaired) electrons. The summed E-state index contributed by atoms with van der Waals surface area (Å²) in [7, 11) is 0. The summed E-state index contributed by atoms with van der Waals surface area (Å²) < 4.78 is 0. The predicted octanol–water partition coefficient (Wildman–Crippen LogP) is 1.49. The van der Waals surface area contributed by atoms with Crippen LogP contribution in [0.25, 0.3) is 0 Å². The quantitative estimate of drug-likeness (QED) is 0.626. The molecule has 0 aliphatic heterocycles. The number of hydrogen-bond acceptors (Lipinski definition) is 2. The standard InChI is InChI=1S/C10H22N2/c1-9(2)8(7-11)5-4-6-10(9,3)12/h8H,4-7,11-12H2,1-3H3. The van der Waals surface area contributed by atoms with E-state index in [4.69, 9.17) is 11.5 Å². The van der Waals surface area contributed by atoms with Gasteiger partial charge in [-0.3, -0.25) is 0 Å². The molecular formula is C10H22N2. The van der Waals surface area contributed by atoms with Crippen molar-refractivity contribution in [3.05, 3.63) is 0 Å².